The summed E-state index contributed by atoms with van der Waals surface area (Å²) in [4.78, 5) is 26.2. The molecule has 7 nitrogen and oxygen atoms in total. The first kappa shape index (κ1) is 18.3. The van der Waals surface area contributed by atoms with Crippen molar-refractivity contribution in [2.45, 2.75) is 9.96 Å². The van der Waals surface area contributed by atoms with Crippen LogP contribution in [-0.2, 0) is 0 Å². The van der Waals surface area contributed by atoms with Crippen LogP contribution in [0.15, 0.2) is 48.7 Å². The summed E-state index contributed by atoms with van der Waals surface area (Å²) in [5, 5.41) is 16.0. The molecule has 0 aliphatic rings. The number of aromatic nitrogens is 1. The summed E-state index contributed by atoms with van der Waals surface area (Å²) in [6.45, 7) is 0. The lowest BCUT2D eigenvalue weighted by Crippen LogP contribution is -2.49. The van der Waals surface area contributed by atoms with E-state index in [4.69, 9.17) is 34.8 Å². The Kier molecular flexibility index (Phi) is 5.82. The zero-order valence-corrected chi connectivity index (χ0v) is 14.2. The number of benzene rings is 1. The minimum Gasteiger partial charge on any atom is -0.362 e. The smallest absolute Gasteiger partial charge is 0.271 e. The van der Waals surface area contributed by atoms with Crippen LogP contribution in [0, 0.1) is 10.1 Å². The van der Waals surface area contributed by atoms with Gasteiger partial charge in [0.05, 0.1) is 4.92 Å². The molecule has 0 aliphatic carbocycles. The Labute approximate surface area is 152 Å². The van der Waals surface area contributed by atoms with E-state index < -0.39 is 20.8 Å². The third-order valence-electron chi connectivity index (χ3n) is 2.89. The van der Waals surface area contributed by atoms with Gasteiger partial charge >= 0.3 is 0 Å². The molecule has 1 aromatic heterocycles. The predicted molar refractivity (Wildman–Crippen MR) is 92.5 cm³/mol. The fraction of sp³-hybridized carbons (Fsp3) is 0.143. The van der Waals surface area contributed by atoms with E-state index in [0.717, 1.165) is 0 Å². The fourth-order valence-electron chi connectivity index (χ4n) is 1.75. The van der Waals surface area contributed by atoms with Gasteiger partial charge in [0, 0.05) is 24.0 Å². The summed E-state index contributed by atoms with van der Waals surface area (Å²) in [7, 11) is 0. The van der Waals surface area contributed by atoms with E-state index in [1.807, 2.05) is 0 Å². The normalized spacial score (nSPS) is 12.3. The maximum atomic E-state index is 12.2. The summed E-state index contributed by atoms with van der Waals surface area (Å²) >= 11 is 17.7. The number of hydrogen-bond donors (Lipinski definition) is 2. The molecule has 1 atom stereocenters. The molecular formula is C14H11Cl3N4O3. The minimum absolute atomic E-state index is 0.0801. The van der Waals surface area contributed by atoms with E-state index in [-0.39, 0.29) is 11.4 Å². The Hall–Kier alpha value is -2.09. The highest BCUT2D eigenvalue weighted by Gasteiger charge is 2.34. The maximum absolute atomic E-state index is 12.2. The maximum Gasteiger partial charge on any atom is 0.271 e. The largest absolute Gasteiger partial charge is 0.362 e. The molecule has 0 spiro atoms. The first-order valence-corrected chi connectivity index (χ1v) is 7.70. The van der Waals surface area contributed by atoms with Crippen molar-refractivity contribution >= 4 is 52.1 Å². The van der Waals surface area contributed by atoms with Crippen molar-refractivity contribution in [2.24, 2.45) is 0 Å². The topological polar surface area (TPSA) is 97.2 Å². The Morgan fingerprint density at radius 2 is 1.83 bits per heavy atom. The summed E-state index contributed by atoms with van der Waals surface area (Å²) in [5.74, 6) is -0.540. The van der Waals surface area contributed by atoms with Gasteiger partial charge in [-0.2, -0.15) is 0 Å². The number of hydrogen-bond acceptors (Lipinski definition) is 5. The van der Waals surface area contributed by atoms with Crippen LogP contribution >= 0.6 is 34.8 Å². The van der Waals surface area contributed by atoms with Gasteiger partial charge in [-0.15, -0.1) is 0 Å². The zero-order valence-electron chi connectivity index (χ0n) is 11.9. The minimum atomic E-state index is -1.87. The van der Waals surface area contributed by atoms with Gasteiger partial charge in [0.15, 0.2) is 0 Å². The average Bonchev–Trinajstić information content (AvgIpc) is 2.54. The highest BCUT2D eigenvalue weighted by Crippen LogP contribution is 2.31. The molecule has 0 saturated heterocycles. The van der Waals surface area contributed by atoms with E-state index in [9.17, 15) is 14.9 Å². The number of non-ortho nitro benzene ring substituents is 1. The molecule has 126 valence electrons. The van der Waals surface area contributed by atoms with E-state index in [2.05, 4.69) is 15.6 Å². The van der Waals surface area contributed by atoms with Gasteiger partial charge in [0.2, 0.25) is 3.79 Å². The van der Waals surface area contributed by atoms with Crippen LogP contribution in [0.4, 0.5) is 11.4 Å². The molecule has 0 fully saturated rings. The molecular weight excluding hydrogens is 379 g/mol. The number of carbonyl (C=O) groups is 1. The fourth-order valence-corrected chi connectivity index (χ4v) is 2.08. The molecule has 2 N–H and O–H groups in total. The number of halogens is 3. The number of rotatable bonds is 5. The molecule has 2 rings (SSSR count). The van der Waals surface area contributed by atoms with Gasteiger partial charge in [0.25, 0.3) is 11.6 Å². The molecule has 0 aliphatic heterocycles. The van der Waals surface area contributed by atoms with Crippen molar-refractivity contribution in [1.82, 2.24) is 10.3 Å². The standard InChI is InChI=1S/C14H11Cl3N4O3/c15-14(16,17)13(20-12(22)11-3-1-2-8-18-11)19-9-4-6-10(7-5-9)21(23)24/h1-8,13,19H,(H,20,22)/t13-/m0/s1. The number of anilines is 1. The molecule has 1 amide bonds. The third-order valence-corrected chi connectivity index (χ3v) is 3.54. The molecule has 1 aromatic carbocycles. The summed E-state index contributed by atoms with van der Waals surface area (Å²) in [6.07, 6.45) is 0.377. The van der Waals surface area contributed by atoms with Gasteiger partial charge in [-0.3, -0.25) is 19.9 Å². The van der Waals surface area contributed by atoms with Crippen molar-refractivity contribution in [3.05, 3.63) is 64.5 Å². The summed E-state index contributed by atoms with van der Waals surface area (Å²) in [5.41, 5.74) is 0.504. The molecule has 0 saturated carbocycles. The Balaban J connectivity index is 2.14. The molecule has 0 bridgehead atoms. The Bertz CT molecular complexity index is 720. The number of nitro groups is 1. The number of nitrogens with zero attached hydrogens (tertiary/aromatic N) is 2. The van der Waals surface area contributed by atoms with Gasteiger partial charge in [-0.25, -0.2) is 0 Å². The lowest BCUT2D eigenvalue weighted by molar-refractivity contribution is -0.384. The third kappa shape index (κ3) is 4.95. The number of carbonyl (C=O) groups excluding carboxylic acids is 1. The van der Waals surface area contributed by atoms with Crippen LogP contribution in [0.1, 0.15) is 10.5 Å². The summed E-state index contributed by atoms with van der Waals surface area (Å²) < 4.78 is -1.87. The van der Waals surface area contributed by atoms with Crippen LogP contribution in [0.5, 0.6) is 0 Å². The molecule has 24 heavy (non-hydrogen) atoms. The lowest BCUT2D eigenvalue weighted by Gasteiger charge is -2.27. The number of nitro benzene ring substituents is 1. The Morgan fingerprint density at radius 1 is 1.17 bits per heavy atom. The van der Waals surface area contributed by atoms with Crippen molar-refractivity contribution in [3.63, 3.8) is 0 Å². The van der Waals surface area contributed by atoms with Crippen LogP contribution in [-0.4, -0.2) is 25.8 Å². The van der Waals surface area contributed by atoms with Crippen LogP contribution < -0.4 is 10.6 Å². The lowest BCUT2D eigenvalue weighted by atomic mass is 10.2. The van der Waals surface area contributed by atoms with E-state index in [1.165, 1.54) is 36.5 Å². The van der Waals surface area contributed by atoms with E-state index >= 15 is 0 Å². The van der Waals surface area contributed by atoms with Crippen molar-refractivity contribution < 1.29 is 9.72 Å². The van der Waals surface area contributed by atoms with Crippen LogP contribution in [0.2, 0.25) is 0 Å². The van der Waals surface area contributed by atoms with Crippen LogP contribution in [0.3, 0.4) is 0 Å². The second-order valence-electron chi connectivity index (χ2n) is 4.61. The van der Waals surface area contributed by atoms with Gasteiger partial charge in [0.1, 0.15) is 11.9 Å². The predicted octanol–water partition coefficient (Wildman–Crippen LogP) is 3.53. The first-order chi connectivity index (χ1) is 11.3. The van der Waals surface area contributed by atoms with Crippen LogP contribution in [0.25, 0.3) is 0 Å². The number of alkyl halides is 3. The van der Waals surface area contributed by atoms with Gasteiger partial charge in [-0.1, -0.05) is 40.9 Å². The van der Waals surface area contributed by atoms with Crippen molar-refractivity contribution in [2.75, 3.05) is 5.32 Å². The molecule has 1 heterocycles. The second kappa shape index (κ2) is 7.65. The highest BCUT2D eigenvalue weighted by atomic mass is 35.6. The molecule has 0 radical (unpaired) electrons. The monoisotopic (exact) mass is 388 g/mol. The number of pyridine rings is 1. The van der Waals surface area contributed by atoms with E-state index in [1.54, 1.807) is 12.1 Å². The van der Waals surface area contributed by atoms with Crippen molar-refractivity contribution in [1.29, 1.82) is 0 Å². The number of amides is 1. The first-order valence-electron chi connectivity index (χ1n) is 6.57. The average molecular weight is 390 g/mol. The molecule has 0 unspecified atom stereocenters. The molecule has 10 heteroatoms. The molecule has 2 aromatic rings. The zero-order chi connectivity index (χ0) is 17.7. The quantitative estimate of drug-likeness (QED) is 0.353. The Morgan fingerprint density at radius 3 is 2.33 bits per heavy atom. The highest BCUT2D eigenvalue weighted by molar-refractivity contribution is 6.68. The SMILES string of the molecule is O=C(N[C@H](Nc1ccc([N+](=O)[O-])cc1)C(Cl)(Cl)Cl)c1ccccn1. The van der Waals surface area contributed by atoms with Gasteiger partial charge < -0.3 is 10.6 Å². The van der Waals surface area contributed by atoms with E-state index in [0.29, 0.717) is 5.69 Å². The number of nitrogens with one attached hydrogen (secondary N) is 2. The van der Waals surface area contributed by atoms with Crippen molar-refractivity contribution in [3.8, 4) is 0 Å². The summed E-state index contributed by atoms with van der Waals surface area (Å²) in [6, 6.07) is 10.3. The van der Waals surface area contributed by atoms with Gasteiger partial charge in [-0.05, 0) is 24.3 Å². The second-order valence-corrected chi connectivity index (χ2v) is 6.98.